The fraction of sp³-hybridized carbons (Fsp3) is 0.286. The van der Waals surface area contributed by atoms with Gasteiger partial charge in [-0.05, 0) is 43.2 Å². The number of nitrogens with zero attached hydrogens (tertiary/aromatic N) is 2. The van der Waals surface area contributed by atoms with Crippen molar-refractivity contribution in [1.29, 1.82) is 5.26 Å². The van der Waals surface area contributed by atoms with Crippen LogP contribution in [0.1, 0.15) is 24.5 Å². The van der Waals surface area contributed by atoms with Crippen LogP contribution in [0.5, 0.6) is 5.75 Å². The Morgan fingerprint density at radius 2 is 1.93 bits per heavy atom. The van der Waals surface area contributed by atoms with E-state index in [4.69, 9.17) is 10.00 Å². The van der Waals surface area contributed by atoms with Gasteiger partial charge in [0.1, 0.15) is 5.75 Å². The number of ether oxygens (including phenoxy) is 1. The van der Waals surface area contributed by atoms with Gasteiger partial charge in [0.2, 0.25) is 11.8 Å². The molecule has 0 fully saturated rings. The van der Waals surface area contributed by atoms with Gasteiger partial charge in [0, 0.05) is 24.7 Å². The largest absolute Gasteiger partial charge is 0.497 e. The summed E-state index contributed by atoms with van der Waals surface area (Å²) in [6.07, 6.45) is 0.880. The molecule has 0 saturated heterocycles. The molecule has 1 N–H and O–H groups in total. The van der Waals surface area contributed by atoms with Crippen LogP contribution in [0.25, 0.3) is 0 Å². The van der Waals surface area contributed by atoms with Crippen molar-refractivity contribution < 1.29 is 14.3 Å². The summed E-state index contributed by atoms with van der Waals surface area (Å²) in [6.45, 7) is 2.30. The van der Waals surface area contributed by atoms with Gasteiger partial charge in [-0.25, -0.2) is 0 Å². The van der Waals surface area contributed by atoms with Crippen LogP contribution in [0.4, 0.5) is 5.69 Å². The third-order valence-electron chi connectivity index (χ3n) is 4.13. The number of carbonyl (C=O) groups is 2. The Morgan fingerprint density at radius 3 is 2.56 bits per heavy atom. The summed E-state index contributed by atoms with van der Waals surface area (Å²) < 4.78 is 5.13. The van der Waals surface area contributed by atoms with E-state index in [1.54, 1.807) is 43.5 Å². The van der Waals surface area contributed by atoms with E-state index in [2.05, 4.69) is 11.4 Å². The van der Waals surface area contributed by atoms with Gasteiger partial charge >= 0.3 is 0 Å². The summed E-state index contributed by atoms with van der Waals surface area (Å²) in [5.74, 6) is 0.318. The molecule has 0 radical (unpaired) electrons. The summed E-state index contributed by atoms with van der Waals surface area (Å²) >= 11 is 0. The van der Waals surface area contributed by atoms with Crippen molar-refractivity contribution in [2.75, 3.05) is 25.5 Å². The van der Waals surface area contributed by atoms with Gasteiger partial charge < -0.3 is 15.0 Å². The van der Waals surface area contributed by atoms with Crippen molar-refractivity contribution in [3.8, 4) is 11.8 Å². The lowest BCUT2D eigenvalue weighted by atomic mass is 10.1. The highest BCUT2D eigenvalue weighted by Crippen LogP contribution is 2.16. The van der Waals surface area contributed by atoms with Gasteiger partial charge in [0.05, 0.1) is 25.3 Å². The van der Waals surface area contributed by atoms with E-state index in [9.17, 15) is 9.59 Å². The highest BCUT2D eigenvalue weighted by atomic mass is 16.5. The number of rotatable bonds is 8. The van der Waals surface area contributed by atoms with E-state index in [1.165, 1.54) is 4.90 Å². The van der Waals surface area contributed by atoms with Crippen LogP contribution in [0.3, 0.4) is 0 Å². The smallest absolute Gasteiger partial charge is 0.243 e. The molecule has 6 nitrogen and oxygen atoms in total. The summed E-state index contributed by atoms with van der Waals surface area (Å²) in [4.78, 5) is 26.2. The summed E-state index contributed by atoms with van der Waals surface area (Å²) in [5, 5.41) is 11.6. The number of methoxy groups -OCH3 is 1. The number of nitrogens with one attached hydrogen (secondary N) is 1. The molecule has 0 aliphatic carbocycles. The molecule has 140 valence electrons. The third-order valence-corrected chi connectivity index (χ3v) is 4.13. The van der Waals surface area contributed by atoms with Crippen LogP contribution in [0.2, 0.25) is 0 Å². The van der Waals surface area contributed by atoms with E-state index in [-0.39, 0.29) is 18.4 Å². The molecule has 0 aromatic heterocycles. The maximum atomic E-state index is 12.4. The Hall–Kier alpha value is -3.33. The number of anilines is 1. The van der Waals surface area contributed by atoms with Gasteiger partial charge in [-0.15, -0.1) is 0 Å². The predicted octanol–water partition coefficient (Wildman–Crippen LogP) is 2.99. The lowest BCUT2D eigenvalue weighted by Gasteiger charge is -2.20. The zero-order valence-corrected chi connectivity index (χ0v) is 15.6. The molecule has 0 atom stereocenters. The van der Waals surface area contributed by atoms with E-state index in [1.807, 2.05) is 19.1 Å². The van der Waals surface area contributed by atoms with Gasteiger partial charge in [-0.1, -0.05) is 18.2 Å². The number of hydrogen-bond acceptors (Lipinski definition) is 4. The van der Waals surface area contributed by atoms with Gasteiger partial charge in [-0.3, -0.25) is 9.59 Å². The molecular formula is C21H23N3O3. The third kappa shape index (κ3) is 6.15. The first kappa shape index (κ1) is 20.0. The zero-order valence-electron chi connectivity index (χ0n) is 15.6. The number of hydrogen-bond donors (Lipinski definition) is 1. The van der Waals surface area contributed by atoms with E-state index < -0.39 is 0 Å². The first-order valence-corrected chi connectivity index (χ1v) is 8.76. The number of benzene rings is 2. The number of amides is 2. The van der Waals surface area contributed by atoms with Gasteiger partial charge in [-0.2, -0.15) is 5.26 Å². The maximum Gasteiger partial charge on any atom is 0.243 e. The number of likely N-dealkylation sites (N-methyl/N-ethyl adjacent to an activating group) is 1. The normalized spacial score (nSPS) is 9.96. The van der Waals surface area contributed by atoms with Crippen molar-refractivity contribution in [1.82, 2.24) is 4.90 Å². The molecule has 0 spiro atoms. The monoisotopic (exact) mass is 365 g/mol. The number of aryl methyl sites for hydroxylation is 1. The number of carbonyl (C=O) groups excluding carboxylic acids is 2. The Bertz CT molecular complexity index is 825. The minimum absolute atomic E-state index is 0.0000860. The van der Waals surface area contributed by atoms with Crippen LogP contribution < -0.4 is 10.1 Å². The highest BCUT2D eigenvalue weighted by Gasteiger charge is 2.15. The first-order valence-electron chi connectivity index (χ1n) is 8.76. The van der Waals surface area contributed by atoms with Crippen LogP contribution in [-0.2, 0) is 16.0 Å². The molecule has 0 aliphatic rings. The molecule has 2 aromatic carbocycles. The molecule has 0 saturated carbocycles. The predicted molar refractivity (Wildman–Crippen MR) is 103 cm³/mol. The summed E-state index contributed by atoms with van der Waals surface area (Å²) in [6, 6.07) is 16.3. The zero-order chi connectivity index (χ0) is 19.6. The Balaban J connectivity index is 1.87. The molecule has 6 heteroatoms. The van der Waals surface area contributed by atoms with Crippen molar-refractivity contribution in [2.45, 2.75) is 19.8 Å². The summed E-state index contributed by atoms with van der Waals surface area (Å²) in [7, 11) is 1.56. The second-order valence-corrected chi connectivity index (χ2v) is 6.00. The molecule has 0 heterocycles. The Kier molecular flexibility index (Phi) is 7.38. The fourth-order valence-corrected chi connectivity index (χ4v) is 2.61. The van der Waals surface area contributed by atoms with Crippen molar-refractivity contribution >= 4 is 17.5 Å². The van der Waals surface area contributed by atoms with Crippen molar-refractivity contribution in [3.63, 3.8) is 0 Å². The highest BCUT2D eigenvalue weighted by molar-refractivity contribution is 5.94. The number of nitriles is 1. The topological polar surface area (TPSA) is 82.4 Å². The van der Waals surface area contributed by atoms with E-state index >= 15 is 0 Å². The fourth-order valence-electron chi connectivity index (χ4n) is 2.61. The van der Waals surface area contributed by atoms with Crippen LogP contribution >= 0.6 is 0 Å². The lowest BCUT2D eigenvalue weighted by Crippen LogP contribution is -2.38. The van der Waals surface area contributed by atoms with E-state index in [0.29, 0.717) is 36.4 Å². The molecular weight excluding hydrogens is 342 g/mol. The first-order chi connectivity index (χ1) is 13.0. The van der Waals surface area contributed by atoms with Crippen molar-refractivity contribution in [3.05, 3.63) is 59.7 Å². The molecule has 27 heavy (non-hydrogen) atoms. The second kappa shape index (κ2) is 9.97. The molecule has 0 unspecified atom stereocenters. The molecule has 0 bridgehead atoms. The minimum Gasteiger partial charge on any atom is -0.497 e. The van der Waals surface area contributed by atoms with Gasteiger partial charge in [0.25, 0.3) is 0 Å². The average molecular weight is 365 g/mol. The quantitative estimate of drug-likeness (QED) is 0.780. The molecule has 2 rings (SSSR count). The van der Waals surface area contributed by atoms with Crippen LogP contribution in [0.15, 0.2) is 48.5 Å². The molecule has 0 aliphatic heterocycles. The maximum absolute atomic E-state index is 12.4. The molecule has 2 aromatic rings. The van der Waals surface area contributed by atoms with Crippen LogP contribution in [0, 0.1) is 11.3 Å². The SMILES string of the molecule is CCN(CC(=O)Nc1cccc(OC)c1)C(=O)CCc1ccc(C#N)cc1. The van der Waals surface area contributed by atoms with Gasteiger partial charge in [0.15, 0.2) is 0 Å². The lowest BCUT2D eigenvalue weighted by molar-refractivity contribution is -0.134. The molecule has 2 amide bonds. The second-order valence-electron chi connectivity index (χ2n) is 6.00. The van der Waals surface area contributed by atoms with Crippen molar-refractivity contribution in [2.24, 2.45) is 0 Å². The van der Waals surface area contributed by atoms with E-state index in [0.717, 1.165) is 5.56 Å². The Labute approximate surface area is 159 Å². The summed E-state index contributed by atoms with van der Waals surface area (Å²) in [5.41, 5.74) is 2.20. The average Bonchev–Trinajstić information content (AvgIpc) is 2.70. The van der Waals surface area contributed by atoms with Crippen LogP contribution in [-0.4, -0.2) is 36.9 Å². The minimum atomic E-state index is -0.253. The standard InChI is InChI=1S/C21H23N3O3/c1-3-24(15-20(25)23-18-5-4-6-19(13-18)27-2)21(26)12-11-16-7-9-17(14-22)10-8-16/h4-10,13H,3,11-12,15H2,1-2H3,(H,23,25). The Morgan fingerprint density at radius 1 is 1.19 bits per heavy atom.